The van der Waals surface area contributed by atoms with Crippen molar-refractivity contribution >= 4 is 11.9 Å². The van der Waals surface area contributed by atoms with Crippen LogP contribution >= 0.6 is 0 Å². The molecule has 0 aromatic carbocycles. The van der Waals surface area contributed by atoms with Gasteiger partial charge in [0, 0.05) is 13.1 Å². The molecule has 16 heavy (non-hydrogen) atoms. The Hall–Kier alpha value is -1.32. The molecule has 0 unspecified atom stereocenters. The van der Waals surface area contributed by atoms with E-state index in [2.05, 4.69) is 0 Å². The summed E-state index contributed by atoms with van der Waals surface area (Å²) in [6.07, 6.45) is 4.72. The molecule has 2 aliphatic rings. The number of carboxylic acids is 1. The minimum Gasteiger partial charge on any atom is -0.480 e. The van der Waals surface area contributed by atoms with Gasteiger partial charge in [0.15, 0.2) is 0 Å². The molecule has 88 valence electrons. The number of nitrogens with zero attached hydrogens (tertiary/aromatic N) is 1. The number of amides is 1. The van der Waals surface area contributed by atoms with Gasteiger partial charge in [-0.3, -0.25) is 9.59 Å². The third-order valence-corrected chi connectivity index (χ3v) is 3.75. The van der Waals surface area contributed by atoms with Gasteiger partial charge in [0.05, 0.1) is 0 Å². The van der Waals surface area contributed by atoms with Crippen molar-refractivity contribution in [1.82, 2.24) is 4.90 Å². The standard InChI is InChI=1S/C12H17NO3/c1-9-3-7-13(8-4-9)10(14)12(11(15)16)5-2-6-12/h3H,2,4-8H2,1H3,(H,15,16). The molecule has 0 spiro atoms. The Labute approximate surface area is 94.9 Å². The van der Waals surface area contributed by atoms with Gasteiger partial charge in [0.1, 0.15) is 5.41 Å². The Morgan fingerprint density at radius 1 is 1.44 bits per heavy atom. The number of aliphatic carboxylic acids is 1. The first-order chi connectivity index (χ1) is 7.56. The minimum atomic E-state index is -1.10. The van der Waals surface area contributed by atoms with Gasteiger partial charge in [0.25, 0.3) is 0 Å². The summed E-state index contributed by atoms with van der Waals surface area (Å²) in [5.41, 5.74) is 0.182. The van der Waals surface area contributed by atoms with Gasteiger partial charge in [-0.2, -0.15) is 0 Å². The summed E-state index contributed by atoms with van der Waals surface area (Å²) in [4.78, 5) is 25.0. The van der Waals surface area contributed by atoms with E-state index >= 15 is 0 Å². The zero-order valence-corrected chi connectivity index (χ0v) is 9.53. The molecule has 1 fully saturated rings. The molecule has 1 heterocycles. The number of hydrogen-bond donors (Lipinski definition) is 1. The maximum atomic E-state index is 12.2. The lowest BCUT2D eigenvalue weighted by molar-refractivity contribution is -0.167. The topological polar surface area (TPSA) is 57.6 Å². The third kappa shape index (κ3) is 1.62. The Morgan fingerprint density at radius 3 is 2.50 bits per heavy atom. The fraction of sp³-hybridized carbons (Fsp3) is 0.667. The lowest BCUT2D eigenvalue weighted by atomic mass is 9.67. The zero-order valence-electron chi connectivity index (χ0n) is 9.53. The molecule has 0 radical (unpaired) electrons. The molecule has 0 atom stereocenters. The third-order valence-electron chi connectivity index (χ3n) is 3.75. The van der Waals surface area contributed by atoms with Gasteiger partial charge >= 0.3 is 5.97 Å². The maximum absolute atomic E-state index is 12.2. The van der Waals surface area contributed by atoms with Crippen LogP contribution < -0.4 is 0 Å². The Morgan fingerprint density at radius 2 is 2.12 bits per heavy atom. The van der Waals surface area contributed by atoms with Crippen LogP contribution in [0.1, 0.15) is 32.6 Å². The molecule has 0 aromatic rings. The second-order valence-electron chi connectivity index (χ2n) is 4.79. The van der Waals surface area contributed by atoms with Crippen LogP contribution in [0.4, 0.5) is 0 Å². The van der Waals surface area contributed by atoms with Gasteiger partial charge in [-0.1, -0.05) is 18.1 Å². The predicted octanol–water partition coefficient (Wildman–Crippen LogP) is 1.42. The van der Waals surface area contributed by atoms with Gasteiger partial charge in [-0.05, 0) is 26.2 Å². The van der Waals surface area contributed by atoms with Crippen molar-refractivity contribution < 1.29 is 14.7 Å². The quantitative estimate of drug-likeness (QED) is 0.569. The van der Waals surface area contributed by atoms with E-state index in [-0.39, 0.29) is 5.91 Å². The van der Waals surface area contributed by atoms with Crippen molar-refractivity contribution in [2.75, 3.05) is 13.1 Å². The summed E-state index contributed by atoms with van der Waals surface area (Å²) in [5, 5.41) is 9.17. The molecule has 4 heteroatoms. The van der Waals surface area contributed by atoms with Crippen LogP contribution in [0.3, 0.4) is 0 Å². The second-order valence-corrected chi connectivity index (χ2v) is 4.79. The first kappa shape index (κ1) is 11.2. The van der Waals surface area contributed by atoms with E-state index < -0.39 is 11.4 Å². The molecule has 0 bridgehead atoms. The van der Waals surface area contributed by atoms with Crippen molar-refractivity contribution in [3.63, 3.8) is 0 Å². The SMILES string of the molecule is CC1=CCN(C(=O)C2(C(=O)O)CCC2)CC1. The molecule has 0 aromatic heterocycles. The maximum Gasteiger partial charge on any atom is 0.319 e. The fourth-order valence-corrected chi connectivity index (χ4v) is 2.31. The molecule has 1 aliphatic carbocycles. The molecule has 4 nitrogen and oxygen atoms in total. The first-order valence-electron chi connectivity index (χ1n) is 5.75. The summed E-state index contributed by atoms with van der Waals surface area (Å²) >= 11 is 0. The summed E-state index contributed by atoms with van der Waals surface area (Å²) in [6.45, 7) is 3.27. The fourth-order valence-electron chi connectivity index (χ4n) is 2.31. The lowest BCUT2D eigenvalue weighted by Crippen LogP contribution is -2.53. The minimum absolute atomic E-state index is 0.185. The molecule has 2 rings (SSSR count). The molecule has 1 amide bonds. The van der Waals surface area contributed by atoms with Gasteiger partial charge in [-0.15, -0.1) is 0 Å². The van der Waals surface area contributed by atoms with E-state index in [9.17, 15) is 14.7 Å². The molecule has 1 N–H and O–H groups in total. The van der Waals surface area contributed by atoms with Gasteiger partial charge in [-0.25, -0.2) is 0 Å². The highest BCUT2D eigenvalue weighted by atomic mass is 16.4. The van der Waals surface area contributed by atoms with Crippen molar-refractivity contribution in [2.24, 2.45) is 5.41 Å². The van der Waals surface area contributed by atoms with Crippen molar-refractivity contribution in [3.8, 4) is 0 Å². The summed E-state index contributed by atoms with van der Waals surface area (Å²) in [6, 6.07) is 0. The molecule has 1 aliphatic heterocycles. The zero-order chi connectivity index (χ0) is 11.8. The molecule has 0 saturated heterocycles. The van der Waals surface area contributed by atoms with Crippen LogP contribution in [0.2, 0.25) is 0 Å². The Bertz CT molecular complexity index is 355. The second kappa shape index (κ2) is 3.92. The van der Waals surface area contributed by atoms with E-state index in [1.54, 1.807) is 4.90 Å². The van der Waals surface area contributed by atoms with Crippen LogP contribution in [0.25, 0.3) is 0 Å². The van der Waals surface area contributed by atoms with Crippen LogP contribution in [0.5, 0.6) is 0 Å². The number of carbonyl (C=O) groups excluding carboxylic acids is 1. The summed E-state index contributed by atoms with van der Waals surface area (Å²) < 4.78 is 0. The molecule has 1 saturated carbocycles. The van der Waals surface area contributed by atoms with Gasteiger partial charge in [0.2, 0.25) is 5.91 Å². The van der Waals surface area contributed by atoms with Crippen molar-refractivity contribution in [2.45, 2.75) is 32.6 Å². The van der Waals surface area contributed by atoms with Gasteiger partial charge < -0.3 is 10.0 Å². The molecular weight excluding hydrogens is 206 g/mol. The van der Waals surface area contributed by atoms with Crippen molar-refractivity contribution in [1.29, 1.82) is 0 Å². The van der Waals surface area contributed by atoms with E-state index in [0.29, 0.717) is 25.9 Å². The summed E-state index contributed by atoms with van der Waals surface area (Å²) in [7, 11) is 0. The van der Waals surface area contributed by atoms with E-state index in [0.717, 1.165) is 12.8 Å². The Kier molecular flexibility index (Phi) is 2.74. The highest BCUT2D eigenvalue weighted by Gasteiger charge is 2.52. The van der Waals surface area contributed by atoms with E-state index in [4.69, 9.17) is 0 Å². The highest BCUT2D eigenvalue weighted by Crippen LogP contribution is 2.43. The largest absolute Gasteiger partial charge is 0.480 e. The monoisotopic (exact) mass is 223 g/mol. The smallest absolute Gasteiger partial charge is 0.319 e. The van der Waals surface area contributed by atoms with E-state index in [1.807, 2.05) is 13.0 Å². The number of carboxylic acid groups (broad SMARTS) is 1. The molecular formula is C12H17NO3. The lowest BCUT2D eigenvalue weighted by Gasteiger charge is -2.40. The highest BCUT2D eigenvalue weighted by molar-refractivity contribution is 6.02. The number of hydrogen-bond acceptors (Lipinski definition) is 2. The van der Waals surface area contributed by atoms with Crippen LogP contribution in [0, 0.1) is 5.41 Å². The van der Waals surface area contributed by atoms with Crippen LogP contribution in [-0.2, 0) is 9.59 Å². The first-order valence-corrected chi connectivity index (χ1v) is 5.75. The van der Waals surface area contributed by atoms with Crippen LogP contribution in [-0.4, -0.2) is 35.0 Å². The normalized spacial score (nSPS) is 23.3. The van der Waals surface area contributed by atoms with Crippen LogP contribution in [0.15, 0.2) is 11.6 Å². The van der Waals surface area contributed by atoms with E-state index in [1.165, 1.54) is 5.57 Å². The predicted molar refractivity (Wildman–Crippen MR) is 58.9 cm³/mol. The van der Waals surface area contributed by atoms with Crippen molar-refractivity contribution in [3.05, 3.63) is 11.6 Å². The summed E-state index contributed by atoms with van der Waals surface area (Å²) in [5.74, 6) is -1.13. The Balaban J connectivity index is 2.10. The average molecular weight is 223 g/mol. The number of carbonyl (C=O) groups is 2. The average Bonchev–Trinajstić information content (AvgIpc) is 2.16. The number of rotatable bonds is 2.